The number of anilines is 1. The number of methoxy groups -OCH3 is 2. The molecule has 4 nitrogen and oxygen atoms in total. The van der Waals surface area contributed by atoms with Crippen LogP contribution in [0.25, 0.3) is 10.2 Å². The fourth-order valence-corrected chi connectivity index (χ4v) is 2.07. The van der Waals surface area contributed by atoms with Gasteiger partial charge < -0.3 is 15.2 Å². The molecule has 1 heterocycles. The van der Waals surface area contributed by atoms with Crippen LogP contribution in [-0.2, 0) is 0 Å². The molecule has 0 aliphatic carbocycles. The molecule has 0 saturated carbocycles. The van der Waals surface area contributed by atoms with Gasteiger partial charge in [0.05, 0.1) is 24.4 Å². The first kappa shape index (κ1) is 11.9. The molecule has 0 unspecified atom stereocenters. The van der Waals surface area contributed by atoms with Crippen LogP contribution < -0.4 is 15.2 Å². The summed E-state index contributed by atoms with van der Waals surface area (Å²) in [5.74, 6) is 1.47. The van der Waals surface area contributed by atoms with Crippen LogP contribution in [-0.4, -0.2) is 19.2 Å². The molecule has 0 radical (unpaired) electrons. The predicted molar refractivity (Wildman–Crippen MR) is 64.4 cm³/mol. The van der Waals surface area contributed by atoms with E-state index in [0.29, 0.717) is 5.13 Å². The van der Waals surface area contributed by atoms with Gasteiger partial charge in [0.1, 0.15) is 11.5 Å². The van der Waals surface area contributed by atoms with Gasteiger partial charge in [0.15, 0.2) is 5.13 Å². The van der Waals surface area contributed by atoms with Gasteiger partial charge >= 0.3 is 0 Å². The largest absolute Gasteiger partial charge is 0.497 e. The van der Waals surface area contributed by atoms with Crippen molar-refractivity contribution in [3.8, 4) is 11.5 Å². The van der Waals surface area contributed by atoms with Crippen molar-refractivity contribution in [3.63, 3.8) is 0 Å². The Morgan fingerprint density at radius 3 is 2.60 bits per heavy atom. The second-order valence-electron chi connectivity index (χ2n) is 2.73. The van der Waals surface area contributed by atoms with E-state index in [1.807, 2.05) is 12.1 Å². The van der Waals surface area contributed by atoms with Gasteiger partial charge in [0.2, 0.25) is 0 Å². The molecule has 0 bridgehead atoms. The van der Waals surface area contributed by atoms with Crippen molar-refractivity contribution in [1.29, 1.82) is 0 Å². The lowest BCUT2D eigenvalue weighted by atomic mass is 10.3. The number of ether oxygens (including phenoxy) is 2. The number of benzene rings is 1. The number of hydrogen-bond acceptors (Lipinski definition) is 5. The predicted octanol–water partition coefficient (Wildman–Crippen LogP) is 2.32. The minimum Gasteiger partial charge on any atom is -0.497 e. The fourth-order valence-electron chi connectivity index (χ4n) is 1.26. The zero-order valence-electron chi connectivity index (χ0n) is 8.31. The number of nitrogen functional groups attached to an aromatic ring is 1. The molecule has 0 amide bonds. The van der Waals surface area contributed by atoms with Crippen molar-refractivity contribution in [2.75, 3.05) is 20.0 Å². The van der Waals surface area contributed by atoms with Gasteiger partial charge in [-0.25, -0.2) is 4.98 Å². The third kappa shape index (κ3) is 2.08. The normalized spacial score (nSPS) is 9.73. The summed E-state index contributed by atoms with van der Waals surface area (Å²) in [6.45, 7) is 0. The lowest BCUT2D eigenvalue weighted by Gasteiger charge is -2.03. The van der Waals surface area contributed by atoms with Crippen LogP contribution in [0.4, 0.5) is 5.13 Å². The van der Waals surface area contributed by atoms with Crippen LogP contribution >= 0.6 is 23.7 Å². The van der Waals surface area contributed by atoms with Gasteiger partial charge in [0.25, 0.3) is 0 Å². The van der Waals surface area contributed by atoms with Gasteiger partial charge in [-0.2, -0.15) is 0 Å². The topological polar surface area (TPSA) is 57.4 Å². The fraction of sp³-hybridized carbons (Fsp3) is 0.222. The molecule has 82 valence electrons. The number of rotatable bonds is 2. The second-order valence-corrected chi connectivity index (χ2v) is 3.76. The molecule has 0 saturated heterocycles. The van der Waals surface area contributed by atoms with Crippen molar-refractivity contribution < 1.29 is 9.47 Å². The van der Waals surface area contributed by atoms with Crippen LogP contribution in [0.3, 0.4) is 0 Å². The van der Waals surface area contributed by atoms with Crippen molar-refractivity contribution in [2.45, 2.75) is 0 Å². The molecule has 1 aromatic carbocycles. The van der Waals surface area contributed by atoms with Crippen LogP contribution in [0.15, 0.2) is 12.1 Å². The van der Waals surface area contributed by atoms with Gasteiger partial charge in [-0.15, -0.1) is 12.4 Å². The van der Waals surface area contributed by atoms with E-state index in [1.54, 1.807) is 14.2 Å². The maximum absolute atomic E-state index is 5.62. The van der Waals surface area contributed by atoms with Gasteiger partial charge in [-0.3, -0.25) is 0 Å². The number of halogens is 1. The number of nitrogens with two attached hydrogens (primary N) is 1. The molecule has 1 aromatic heterocycles. The van der Waals surface area contributed by atoms with Gasteiger partial charge in [0, 0.05) is 12.1 Å². The third-order valence-electron chi connectivity index (χ3n) is 1.90. The highest BCUT2D eigenvalue weighted by atomic mass is 35.5. The Hall–Kier alpha value is -1.20. The highest BCUT2D eigenvalue weighted by Crippen LogP contribution is 2.35. The van der Waals surface area contributed by atoms with Crippen molar-refractivity contribution in [3.05, 3.63) is 12.1 Å². The van der Waals surface area contributed by atoms with Crippen molar-refractivity contribution in [2.24, 2.45) is 0 Å². The minimum atomic E-state index is 0. The van der Waals surface area contributed by atoms with E-state index in [2.05, 4.69) is 4.98 Å². The van der Waals surface area contributed by atoms with E-state index in [9.17, 15) is 0 Å². The van der Waals surface area contributed by atoms with Crippen molar-refractivity contribution in [1.82, 2.24) is 4.98 Å². The molecule has 2 N–H and O–H groups in total. The summed E-state index contributed by atoms with van der Waals surface area (Å²) < 4.78 is 11.3. The molecule has 6 heteroatoms. The molecular formula is C9H11ClN2O2S. The molecule has 0 spiro atoms. The van der Waals surface area contributed by atoms with Gasteiger partial charge in [-0.05, 0) is 0 Å². The monoisotopic (exact) mass is 246 g/mol. The summed E-state index contributed by atoms with van der Waals surface area (Å²) in [6, 6.07) is 3.66. The summed E-state index contributed by atoms with van der Waals surface area (Å²) in [6.07, 6.45) is 0. The highest BCUT2D eigenvalue weighted by Gasteiger charge is 2.09. The Kier molecular flexibility index (Phi) is 3.60. The first-order valence-corrected chi connectivity index (χ1v) is 4.84. The Morgan fingerprint density at radius 2 is 2.00 bits per heavy atom. The summed E-state index contributed by atoms with van der Waals surface area (Å²) in [5.41, 5.74) is 6.43. The average molecular weight is 247 g/mol. The molecule has 15 heavy (non-hydrogen) atoms. The summed E-state index contributed by atoms with van der Waals surface area (Å²) in [7, 11) is 3.22. The molecule has 0 aliphatic rings. The van der Waals surface area contributed by atoms with Gasteiger partial charge in [-0.1, -0.05) is 11.3 Å². The second kappa shape index (κ2) is 4.55. The SMILES string of the molecule is COc1cc(OC)c2sc(N)nc2c1.Cl. The first-order chi connectivity index (χ1) is 6.74. The Morgan fingerprint density at radius 1 is 1.27 bits per heavy atom. The molecular weight excluding hydrogens is 236 g/mol. The van der Waals surface area contributed by atoms with Crippen LogP contribution in [0, 0.1) is 0 Å². The lowest BCUT2D eigenvalue weighted by molar-refractivity contribution is 0.398. The summed E-state index contributed by atoms with van der Waals surface area (Å²) >= 11 is 1.41. The first-order valence-electron chi connectivity index (χ1n) is 4.02. The number of fused-ring (bicyclic) bond motifs is 1. The maximum atomic E-state index is 5.62. The summed E-state index contributed by atoms with van der Waals surface area (Å²) in [4.78, 5) is 4.17. The number of nitrogens with zero attached hydrogens (tertiary/aromatic N) is 1. The maximum Gasteiger partial charge on any atom is 0.181 e. The molecule has 2 aromatic rings. The van der Waals surface area contributed by atoms with Crippen LogP contribution in [0.5, 0.6) is 11.5 Å². The van der Waals surface area contributed by atoms with E-state index >= 15 is 0 Å². The van der Waals surface area contributed by atoms with E-state index in [1.165, 1.54) is 11.3 Å². The van der Waals surface area contributed by atoms with E-state index < -0.39 is 0 Å². The highest BCUT2D eigenvalue weighted by molar-refractivity contribution is 7.22. The van der Waals surface area contributed by atoms with Crippen molar-refractivity contribution >= 4 is 39.1 Å². The minimum absolute atomic E-state index is 0. The Labute approximate surface area is 97.4 Å². The standard InChI is InChI=1S/C9H10N2O2S.ClH/c1-12-5-3-6-8(7(4-5)13-2)14-9(10)11-6;/h3-4H,1-2H3,(H2,10,11);1H. The molecule has 2 rings (SSSR count). The third-order valence-corrected chi connectivity index (χ3v) is 2.82. The number of aromatic nitrogens is 1. The summed E-state index contributed by atoms with van der Waals surface area (Å²) in [5, 5.41) is 0.534. The smallest absolute Gasteiger partial charge is 0.181 e. The zero-order valence-corrected chi connectivity index (χ0v) is 9.95. The molecule has 0 aliphatic heterocycles. The lowest BCUT2D eigenvalue weighted by Crippen LogP contribution is -1.87. The molecule has 0 atom stereocenters. The Bertz CT molecular complexity index is 472. The van der Waals surface area contributed by atoms with E-state index in [4.69, 9.17) is 15.2 Å². The average Bonchev–Trinajstić information content (AvgIpc) is 2.56. The van der Waals surface area contributed by atoms with E-state index in [0.717, 1.165) is 21.7 Å². The number of thiazole rings is 1. The van der Waals surface area contributed by atoms with Crippen LogP contribution in [0.2, 0.25) is 0 Å². The molecule has 0 fully saturated rings. The zero-order chi connectivity index (χ0) is 10.1. The van der Waals surface area contributed by atoms with E-state index in [-0.39, 0.29) is 12.4 Å². The Balaban J connectivity index is 0.00000112. The van der Waals surface area contributed by atoms with Crippen LogP contribution in [0.1, 0.15) is 0 Å². The number of hydrogen-bond donors (Lipinski definition) is 1. The quantitative estimate of drug-likeness (QED) is 0.884.